The minimum absolute atomic E-state index is 0.299. The molecule has 0 radical (unpaired) electrons. The van der Waals surface area contributed by atoms with Gasteiger partial charge in [-0.2, -0.15) is 0 Å². The van der Waals surface area contributed by atoms with Crippen LogP contribution < -0.4 is 20.1 Å². The van der Waals surface area contributed by atoms with E-state index in [4.69, 9.17) is 21.7 Å². The topological polar surface area (TPSA) is 42.5 Å². The van der Waals surface area contributed by atoms with E-state index in [0.29, 0.717) is 18.5 Å². The van der Waals surface area contributed by atoms with Gasteiger partial charge in [0.15, 0.2) is 16.6 Å². The van der Waals surface area contributed by atoms with Crippen molar-refractivity contribution in [3.05, 3.63) is 59.7 Å². The monoisotopic (exact) mass is 328 g/mol. The van der Waals surface area contributed by atoms with Gasteiger partial charge in [0, 0.05) is 13.1 Å². The third kappa shape index (κ3) is 4.60. The minimum Gasteiger partial charge on any atom is -0.454 e. The van der Waals surface area contributed by atoms with E-state index in [0.717, 1.165) is 36.4 Å². The molecule has 0 aromatic heterocycles. The van der Waals surface area contributed by atoms with Crippen LogP contribution >= 0.6 is 12.2 Å². The first-order valence-electron chi connectivity index (χ1n) is 7.75. The van der Waals surface area contributed by atoms with Crippen LogP contribution in [0, 0.1) is 0 Å². The summed E-state index contributed by atoms with van der Waals surface area (Å²) in [5.41, 5.74) is 2.47. The summed E-state index contributed by atoms with van der Waals surface area (Å²) >= 11 is 5.30. The summed E-state index contributed by atoms with van der Waals surface area (Å²) in [5, 5.41) is 7.13. The maximum atomic E-state index is 5.37. The summed E-state index contributed by atoms with van der Waals surface area (Å²) in [4.78, 5) is 0. The van der Waals surface area contributed by atoms with Crippen LogP contribution in [-0.2, 0) is 13.0 Å². The van der Waals surface area contributed by atoms with Gasteiger partial charge in [-0.05, 0) is 48.3 Å². The van der Waals surface area contributed by atoms with Crippen molar-refractivity contribution in [2.24, 2.45) is 0 Å². The zero-order chi connectivity index (χ0) is 15.9. The third-order valence-corrected chi connectivity index (χ3v) is 3.95. The number of nitrogens with one attached hydrogen (secondary N) is 2. The van der Waals surface area contributed by atoms with E-state index in [1.807, 2.05) is 24.3 Å². The summed E-state index contributed by atoms with van der Waals surface area (Å²) < 4.78 is 10.7. The first-order chi connectivity index (χ1) is 11.3. The fourth-order valence-corrected chi connectivity index (χ4v) is 2.61. The molecular weight excluding hydrogens is 308 g/mol. The molecule has 0 unspecified atom stereocenters. The normalized spacial score (nSPS) is 12.0. The quantitative estimate of drug-likeness (QED) is 0.630. The summed E-state index contributed by atoms with van der Waals surface area (Å²) in [6, 6.07) is 16.4. The van der Waals surface area contributed by atoms with E-state index < -0.39 is 0 Å². The molecule has 0 atom stereocenters. The molecule has 0 spiro atoms. The van der Waals surface area contributed by atoms with Gasteiger partial charge in [0.25, 0.3) is 0 Å². The molecule has 0 saturated carbocycles. The summed E-state index contributed by atoms with van der Waals surface area (Å²) in [6.45, 7) is 1.83. The van der Waals surface area contributed by atoms with E-state index in [1.54, 1.807) is 0 Å². The fraction of sp³-hybridized carbons (Fsp3) is 0.278. The lowest BCUT2D eigenvalue weighted by Gasteiger charge is -2.11. The van der Waals surface area contributed by atoms with Gasteiger partial charge in [-0.1, -0.05) is 36.4 Å². The molecule has 5 heteroatoms. The second-order valence-corrected chi connectivity index (χ2v) is 5.79. The van der Waals surface area contributed by atoms with E-state index in [9.17, 15) is 0 Å². The Bertz CT molecular complexity index is 661. The van der Waals surface area contributed by atoms with Gasteiger partial charge >= 0.3 is 0 Å². The molecule has 2 aromatic rings. The molecule has 0 fully saturated rings. The molecule has 23 heavy (non-hydrogen) atoms. The number of aryl methyl sites for hydroxylation is 1. The van der Waals surface area contributed by atoms with Gasteiger partial charge in [-0.15, -0.1) is 0 Å². The second-order valence-electron chi connectivity index (χ2n) is 5.39. The molecule has 1 aliphatic rings. The number of hydrogen-bond donors (Lipinski definition) is 2. The molecule has 2 aromatic carbocycles. The van der Waals surface area contributed by atoms with Crippen molar-refractivity contribution in [1.82, 2.24) is 10.6 Å². The molecule has 0 saturated heterocycles. The van der Waals surface area contributed by atoms with Crippen LogP contribution in [0.3, 0.4) is 0 Å². The summed E-state index contributed by atoms with van der Waals surface area (Å²) in [6.07, 6.45) is 2.11. The predicted molar refractivity (Wildman–Crippen MR) is 94.8 cm³/mol. The minimum atomic E-state index is 0.299. The average Bonchev–Trinajstić information content (AvgIpc) is 3.05. The Morgan fingerprint density at radius 2 is 1.78 bits per heavy atom. The Hall–Kier alpha value is -2.27. The molecule has 120 valence electrons. The Morgan fingerprint density at radius 1 is 0.957 bits per heavy atom. The Kier molecular flexibility index (Phi) is 5.32. The first kappa shape index (κ1) is 15.6. The van der Waals surface area contributed by atoms with Crippen LogP contribution in [0.25, 0.3) is 0 Å². The molecule has 0 aliphatic carbocycles. The first-order valence-corrected chi connectivity index (χ1v) is 8.16. The fourth-order valence-electron chi connectivity index (χ4n) is 2.43. The zero-order valence-electron chi connectivity index (χ0n) is 12.9. The second kappa shape index (κ2) is 7.83. The lowest BCUT2D eigenvalue weighted by Crippen LogP contribution is -2.35. The number of thiocarbonyl (C=S) groups is 1. The van der Waals surface area contributed by atoms with Crippen molar-refractivity contribution in [1.29, 1.82) is 0 Å². The highest BCUT2D eigenvalue weighted by molar-refractivity contribution is 7.80. The highest BCUT2D eigenvalue weighted by Crippen LogP contribution is 2.32. The number of ether oxygens (including phenoxy) is 2. The van der Waals surface area contributed by atoms with E-state index in [2.05, 4.69) is 34.9 Å². The van der Waals surface area contributed by atoms with Gasteiger partial charge in [-0.25, -0.2) is 0 Å². The summed E-state index contributed by atoms with van der Waals surface area (Å²) in [7, 11) is 0. The van der Waals surface area contributed by atoms with Gasteiger partial charge in [-0.3, -0.25) is 0 Å². The van der Waals surface area contributed by atoms with Gasteiger partial charge in [0.2, 0.25) is 6.79 Å². The number of benzene rings is 2. The van der Waals surface area contributed by atoms with Crippen LogP contribution in [0.4, 0.5) is 0 Å². The molecule has 1 heterocycles. The SMILES string of the molecule is S=C(NCCCc1ccccc1)NCc1ccc2c(c1)OCO2. The Balaban J connectivity index is 1.35. The Morgan fingerprint density at radius 3 is 2.65 bits per heavy atom. The van der Waals surface area contributed by atoms with Crippen molar-refractivity contribution in [3.63, 3.8) is 0 Å². The molecule has 3 rings (SSSR count). The molecule has 0 amide bonds. The van der Waals surface area contributed by atoms with Crippen LogP contribution in [0.15, 0.2) is 48.5 Å². The van der Waals surface area contributed by atoms with Crippen molar-refractivity contribution < 1.29 is 9.47 Å². The van der Waals surface area contributed by atoms with Gasteiger partial charge in [0.1, 0.15) is 0 Å². The van der Waals surface area contributed by atoms with E-state index in [1.165, 1.54) is 5.56 Å². The van der Waals surface area contributed by atoms with Crippen LogP contribution in [0.2, 0.25) is 0 Å². The maximum Gasteiger partial charge on any atom is 0.231 e. The number of fused-ring (bicyclic) bond motifs is 1. The largest absolute Gasteiger partial charge is 0.454 e. The van der Waals surface area contributed by atoms with Crippen LogP contribution in [0.5, 0.6) is 11.5 Å². The standard InChI is InChI=1S/C18H20N2O2S/c23-18(19-10-4-7-14-5-2-1-3-6-14)20-12-15-8-9-16-17(11-15)22-13-21-16/h1-3,5-6,8-9,11H,4,7,10,12-13H2,(H2,19,20,23). The Labute approximate surface area is 141 Å². The lowest BCUT2D eigenvalue weighted by molar-refractivity contribution is 0.174. The molecule has 1 aliphatic heterocycles. The molecular formula is C18H20N2O2S. The molecule has 2 N–H and O–H groups in total. The molecule has 4 nitrogen and oxygen atoms in total. The van der Waals surface area contributed by atoms with E-state index in [-0.39, 0.29) is 0 Å². The average molecular weight is 328 g/mol. The van der Waals surface area contributed by atoms with Gasteiger partial charge < -0.3 is 20.1 Å². The lowest BCUT2D eigenvalue weighted by atomic mass is 10.1. The van der Waals surface area contributed by atoms with Crippen molar-refractivity contribution >= 4 is 17.3 Å². The zero-order valence-corrected chi connectivity index (χ0v) is 13.7. The summed E-state index contributed by atoms with van der Waals surface area (Å²) in [5.74, 6) is 1.60. The van der Waals surface area contributed by atoms with Crippen LogP contribution in [0.1, 0.15) is 17.5 Å². The van der Waals surface area contributed by atoms with Gasteiger partial charge in [0.05, 0.1) is 0 Å². The van der Waals surface area contributed by atoms with Crippen molar-refractivity contribution in [2.45, 2.75) is 19.4 Å². The molecule has 0 bridgehead atoms. The highest BCUT2D eigenvalue weighted by atomic mass is 32.1. The highest BCUT2D eigenvalue weighted by Gasteiger charge is 2.12. The maximum absolute atomic E-state index is 5.37. The number of hydrogen-bond acceptors (Lipinski definition) is 3. The van der Waals surface area contributed by atoms with E-state index >= 15 is 0 Å². The smallest absolute Gasteiger partial charge is 0.231 e. The van der Waals surface area contributed by atoms with Crippen molar-refractivity contribution in [3.8, 4) is 11.5 Å². The van der Waals surface area contributed by atoms with Crippen molar-refractivity contribution in [2.75, 3.05) is 13.3 Å². The third-order valence-electron chi connectivity index (χ3n) is 3.66. The van der Waals surface area contributed by atoms with Crippen LogP contribution in [-0.4, -0.2) is 18.5 Å². The number of rotatable bonds is 6. The predicted octanol–water partition coefficient (Wildman–Crippen LogP) is 3.01.